The Morgan fingerprint density at radius 1 is 1.09 bits per heavy atom. The molecule has 1 amide bonds. The molecule has 0 spiro atoms. The molecule has 2 aromatic carbocycles. The Kier molecular flexibility index (Phi) is 7.30. The van der Waals surface area contributed by atoms with E-state index in [2.05, 4.69) is 15.3 Å². The number of para-hydroxylation sites is 1. The molecule has 3 rings (SSSR count). The Bertz CT molecular complexity index is 1330. The van der Waals surface area contributed by atoms with Crippen molar-refractivity contribution in [1.29, 1.82) is 5.26 Å². The zero-order chi connectivity index (χ0) is 24.0. The minimum atomic E-state index is -1.38. The predicted octanol–water partition coefficient (Wildman–Crippen LogP) is 3.85. The smallest absolute Gasteiger partial charge is 0.412 e. The predicted molar refractivity (Wildman–Crippen MR) is 121 cm³/mol. The minimum Gasteiger partial charge on any atom is -0.453 e. The summed E-state index contributed by atoms with van der Waals surface area (Å²) in [4.78, 5) is 34.4. The normalized spacial score (nSPS) is 10.8. The molecule has 33 heavy (non-hydrogen) atoms. The molecule has 0 aliphatic carbocycles. The van der Waals surface area contributed by atoms with E-state index in [-0.39, 0.29) is 27.0 Å². The number of nitrogens with zero attached hydrogens (tertiary/aromatic N) is 3. The minimum absolute atomic E-state index is 0.0656. The first-order chi connectivity index (χ1) is 15.8. The summed E-state index contributed by atoms with van der Waals surface area (Å²) in [5.74, 6) is -0.940. The molecule has 0 bridgehead atoms. The lowest BCUT2D eigenvalue weighted by molar-refractivity contribution is -0.129. The molecule has 166 valence electrons. The number of amides is 1. The molecule has 0 saturated carbocycles. The average molecular weight is 486 g/mol. The van der Waals surface area contributed by atoms with Gasteiger partial charge in [0.15, 0.2) is 5.75 Å². The van der Waals surface area contributed by atoms with Crippen molar-refractivity contribution in [2.24, 2.45) is 10.8 Å². The van der Waals surface area contributed by atoms with Crippen LogP contribution in [0.1, 0.15) is 0 Å². The zero-order valence-corrected chi connectivity index (χ0v) is 18.0. The third-order valence-corrected chi connectivity index (χ3v) is 4.49. The average Bonchev–Trinajstić information content (AvgIpc) is 2.78. The van der Waals surface area contributed by atoms with Gasteiger partial charge in [-0.05, 0) is 30.3 Å². The van der Waals surface area contributed by atoms with E-state index in [0.29, 0.717) is 11.4 Å². The number of primary amides is 1. The van der Waals surface area contributed by atoms with Gasteiger partial charge in [0.25, 0.3) is 5.56 Å². The molecule has 0 aliphatic heterocycles. The Balaban J connectivity index is 1.84. The SMILES string of the molecule is N#C/C(=N\Nc1cc(Cl)c(Oc2ccc(=O)n(-c3ccccc3)c2)c(Cl)c1)C(=O)OC(N)=O. The summed E-state index contributed by atoms with van der Waals surface area (Å²) in [7, 11) is 0. The summed E-state index contributed by atoms with van der Waals surface area (Å²) < 4.78 is 11.3. The highest BCUT2D eigenvalue weighted by atomic mass is 35.5. The topological polar surface area (TPSA) is 149 Å². The van der Waals surface area contributed by atoms with Crippen molar-refractivity contribution in [2.75, 3.05) is 5.43 Å². The van der Waals surface area contributed by atoms with Crippen molar-refractivity contribution >= 4 is 46.7 Å². The highest BCUT2D eigenvalue weighted by molar-refractivity contribution is 6.44. The fraction of sp³-hybridized carbons (Fsp3) is 0. The lowest BCUT2D eigenvalue weighted by Gasteiger charge is -2.13. The van der Waals surface area contributed by atoms with Crippen LogP contribution in [0.15, 0.2) is 70.7 Å². The molecule has 0 atom stereocenters. The maximum absolute atomic E-state index is 12.2. The molecule has 12 heteroatoms. The van der Waals surface area contributed by atoms with Crippen LogP contribution in [0.4, 0.5) is 10.5 Å². The van der Waals surface area contributed by atoms with Gasteiger partial charge in [-0.3, -0.25) is 14.8 Å². The highest BCUT2D eigenvalue weighted by Gasteiger charge is 2.17. The quantitative estimate of drug-likeness (QED) is 0.233. The molecule has 0 saturated heterocycles. The number of pyridine rings is 1. The second-order valence-electron chi connectivity index (χ2n) is 6.17. The largest absolute Gasteiger partial charge is 0.453 e. The van der Waals surface area contributed by atoms with Crippen molar-refractivity contribution in [3.63, 3.8) is 0 Å². The molecular weight excluding hydrogens is 473 g/mol. The zero-order valence-electron chi connectivity index (χ0n) is 16.5. The number of benzene rings is 2. The first kappa shape index (κ1) is 23.3. The molecule has 10 nitrogen and oxygen atoms in total. The summed E-state index contributed by atoms with van der Waals surface area (Å²) in [5, 5.41) is 12.6. The van der Waals surface area contributed by atoms with Gasteiger partial charge >= 0.3 is 12.1 Å². The second-order valence-corrected chi connectivity index (χ2v) is 6.99. The Morgan fingerprint density at radius 3 is 2.36 bits per heavy atom. The molecule has 1 heterocycles. The van der Waals surface area contributed by atoms with Gasteiger partial charge in [-0.2, -0.15) is 10.4 Å². The number of esters is 1. The van der Waals surface area contributed by atoms with Crippen LogP contribution in [0.3, 0.4) is 0 Å². The van der Waals surface area contributed by atoms with Gasteiger partial charge in [-0.25, -0.2) is 9.59 Å². The van der Waals surface area contributed by atoms with E-state index in [1.165, 1.54) is 41.1 Å². The maximum Gasteiger partial charge on any atom is 0.412 e. The molecule has 3 aromatic rings. The Hall–Kier alpha value is -4.33. The molecule has 0 aliphatic rings. The van der Waals surface area contributed by atoms with Gasteiger partial charge in [0.1, 0.15) is 11.8 Å². The van der Waals surface area contributed by atoms with Crippen LogP contribution in [0.2, 0.25) is 10.0 Å². The first-order valence-corrected chi connectivity index (χ1v) is 9.74. The molecule has 1 aromatic heterocycles. The molecular formula is C21H13Cl2N5O5. The number of anilines is 1. The number of halogens is 2. The number of nitrogens with one attached hydrogen (secondary N) is 1. The summed E-state index contributed by atoms with van der Waals surface area (Å²) in [6, 6.07) is 15.9. The van der Waals surface area contributed by atoms with Gasteiger partial charge in [0.2, 0.25) is 5.71 Å². The summed E-state index contributed by atoms with van der Waals surface area (Å²) in [5.41, 5.74) is 6.96. The standard InChI is InChI=1S/C21H13Cl2N5O5/c22-15-8-12(26-27-17(10-24)20(30)33-21(25)31)9-16(23)19(15)32-14-6-7-18(29)28(11-14)13-4-2-1-3-5-13/h1-9,11,26H,(H2,25,31)/b27-17+. The number of nitrogens with two attached hydrogens (primary N) is 1. The lowest BCUT2D eigenvalue weighted by atomic mass is 10.3. The molecule has 3 N–H and O–H groups in total. The van der Waals surface area contributed by atoms with Crippen LogP contribution in [0.25, 0.3) is 5.69 Å². The maximum atomic E-state index is 12.2. The van der Waals surface area contributed by atoms with Crippen molar-refractivity contribution in [1.82, 2.24) is 4.57 Å². The van der Waals surface area contributed by atoms with E-state index in [9.17, 15) is 14.4 Å². The third kappa shape index (κ3) is 5.88. The fourth-order valence-corrected chi connectivity index (χ4v) is 3.10. The van der Waals surface area contributed by atoms with E-state index in [1.807, 2.05) is 6.07 Å². The van der Waals surface area contributed by atoms with Gasteiger partial charge < -0.3 is 15.2 Å². The number of rotatable bonds is 6. The van der Waals surface area contributed by atoms with E-state index < -0.39 is 17.8 Å². The number of hydrogen-bond acceptors (Lipinski definition) is 8. The number of aromatic nitrogens is 1. The van der Waals surface area contributed by atoms with Crippen LogP contribution in [0, 0.1) is 11.3 Å². The van der Waals surface area contributed by atoms with Crippen LogP contribution in [0.5, 0.6) is 11.5 Å². The number of carbonyl (C=O) groups excluding carboxylic acids is 2. The van der Waals surface area contributed by atoms with E-state index in [4.69, 9.17) is 38.9 Å². The van der Waals surface area contributed by atoms with Crippen LogP contribution in [-0.4, -0.2) is 22.3 Å². The summed E-state index contributed by atoms with van der Waals surface area (Å²) in [6.45, 7) is 0. The summed E-state index contributed by atoms with van der Waals surface area (Å²) >= 11 is 12.5. The monoisotopic (exact) mass is 485 g/mol. The molecule has 0 fully saturated rings. The number of carbonyl (C=O) groups is 2. The van der Waals surface area contributed by atoms with E-state index >= 15 is 0 Å². The number of hydrogen-bond donors (Lipinski definition) is 2. The first-order valence-electron chi connectivity index (χ1n) is 8.99. The third-order valence-electron chi connectivity index (χ3n) is 3.93. The van der Waals surface area contributed by atoms with Gasteiger partial charge in [0.05, 0.1) is 21.9 Å². The van der Waals surface area contributed by atoms with Crippen molar-refractivity contribution < 1.29 is 19.1 Å². The van der Waals surface area contributed by atoms with Crippen molar-refractivity contribution in [3.05, 3.63) is 81.2 Å². The Morgan fingerprint density at radius 2 is 1.76 bits per heavy atom. The number of hydrazone groups is 1. The van der Waals surface area contributed by atoms with E-state index in [0.717, 1.165) is 0 Å². The number of nitriles is 1. The van der Waals surface area contributed by atoms with Gasteiger partial charge in [-0.15, -0.1) is 0 Å². The second kappa shape index (κ2) is 10.3. The van der Waals surface area contributed by atoms with Crippen LogP contribution < -0.4 is 21.5 Å². The fourth-order valence-electron chi connectivity index (χ4n) is 2.53. The lowest BCUT2D eigenvalue weighted by Crippen LogP contribution is -2.24. The number of ether oxygens (including phenoxy) is 2. The van der Waals surface area contributed by atoms with Crippen molar-refractivity contribution in [2.45, 2.75) is 0 Å². The van der Waals surface area contributed by atoms with Crippen molar-refractivity contribution in [3.8, 4) is 23.3 Å². The molecule has 0 unspecified atom stereocenters. The van der Waals surface area contributed by atoms with Gasteiger partial charge in [-0.1, -0.05) is 41.4 Å². The highest BCUT2D eigenvalue weighted by Crippen LogP contribution is 2.38. The van der Waals surface area contributed by atoms with Crippen LogP contribution in [-0.2, 0) is 9.53 Å². The van der Waals surface area contributed by atoms with E-state index in [1.54, 1.807) is 24.3 Å². The van der Waals surface area contributed by atoms with Crippen LogP contribution >= 0.6 is 23.2 Å². The Labute approximate surface area is 196 Å². The van der Waals surface area contributed by atoms with Gasteiger partial charge in [0, 0.05) is 11.8 Å². The molecule has 0 radical (unpaired) electrons. The summed E-state index contributed by atoms with van der Waals surface area (Å²) in [6.07, 6.45) is 0.110.